The maximum absolute atomic E-state index is 14.8. The van der Waals surface area contributed by atoms with E-state index in [0.29, 0.717) is 11.5 Å². The second-order valence-electron chi connectivity index (χ2n) is 6.97. The zero-order valence-electron chi connectivity index (χ0n) is 18.7. The predicted molar refractivity (Wildman–Crippen MR) is 122 cm³/mol. The lowest BCUT2D eigenvalue weighted by molar-refractivity contribution is -0.150. The first-order chi connectivity index (χ1) is 16.6. The third kappa shape index (κ3) is 6.05. The zero-order chi connectivity index (χ0) is 25.7. The van der Waals surface area contributed by atoms with Gasteiger partial charge >= 0.3 is 12.6 Å². The second-order valence-corrected chi connectivity index (χ2v) is 7.76. The summed E-state index contributed by atoms with van der Waals surface area (Å²) in [6.07, 6.45) is -0.814. The Hall–Kier alpha value is -3.72. The van der Waals surface area contributed by atoms with E-state index in [1.807, 2.05) is 0 Å². The number of alkyl halides is 2. The quantitative estimate of drug-likeness (QED) is 0.230. The third-order valence-corrected chi connectivity index (χ3v) is 5.26. The number of rotatable bonds is 9. The lowest BCUT2D eigenvalue weighted by Crippen LogP contribution is -2.25. The van der Waals surface area contributed by atoms with Crippen LogP contribution in [0.25, 0.3) is 16.1 Å². The number of esters is 1. The van der Waals surface area contributed by atoms with Crippen molar-refractivity contribution in [3.05, 3.63) is 58.1 Å². The van der Waals surface area contributed by atoms with E-state index in [-0.39, 0.29) is 39.7 Å². The van der Waals surface area contributed by atoms with Crippen LogP contribution in [0.3, 0.4) is 0 Å². The summed E-state index contributed by atoms with van der Waals surface area (Å²) in [5.74, 6) is -0.909. The molecule has 0 amide bonds. The van der Waals surface area contributed by atoms with Gasteiger partial charge in [-0.25, -0.2) is 18.7 Å². The van der Waals surface area contributed by atoms with E-state index in [9.17, 15) is 18.0 Å². The lowest BCUT2D eigenvalue weighted by atomic mass is 10.1. The highest BCUT2D eigenvalue weighted by atomic mass is 79.9. The monoisotopic (exact) mass is 553 g/mol. The summed E-state index contributed by atoms with van der Waals surface area (Å²) in [5.41, 5.74) is -0.223. The Balaban J connectivity index is 1.88. The number of benzene rings is 2. The molecule has 12 heteroatoms. The third-order valence-electron chi connectivity index (χ3n) is 4.55. The smallest absolute Gasteiger partial charge is 0.388 e. The Bertz CT molecular complexity index is 1260. The van der Waals surface area contributed by atoms with E-state index < -0.39 is 24.5 Å². The second kappa shape index (κ2) is 11.1. The van der Waals surface area contributed by atoms with Crippen LogP contribution >= 0.6 is 15.9 Å². The molecule has 1 unspecified atom stereocenters. The number of nitrogens with zero attached hydrogens (tertiary/aromatic N) is 3. The zero-order valence-corrected chi connectivity index (χ0v) is 20.3. The summed E-state index contributed by atoms with van der Waals surface area (Å²) < 4.78 is 61.9. The first kappa shape index (κ1) is 25.9. The number of hydrogen-bond acceptors (Lipinski definition) is 6. The van der Waals surface area contributed by atoms with E-state index in [2.05, 4.69) is 30.6 Å². The number of carbonyl (C=O) groups is 1. The van der Waals surface area contributed by atoms with Gasteiger partial charge in [0.15, 0.2) is 6.10 Å². The van der Waals surface area contributed by atoms with Crippen LogP contribution in [0.4, 0.5) is 18.9 Å². The minimum Gasteiger partial charge on any atom is -0.479 e. The standard InChI is InChI=1S/C23H19BrF3N3O5/c1-5-32-22(31)12(2)33-13-6-8-14(9-7-13)34-18-10-15(16(25)11-17(18)28-3)20-19(24)21(30(4)29-20)35-23(26)27/h6-12,23H,5H2,1-2,4H3. The van der Waals surface area contributed by atoms with Crippen molar-refractivity contribution in [3.63, 3.8) is 0 Å². The van der Waals surface area contributed by atoms with Crippen molar-refractivity contribution < 1.29 is 36.9 Å². The van der Waals surface area contributed by atoms with Gasteiger partial charge in [0.2, 0.25) is 11.6 Å². The maximum Gasteiger partial charge on any atom is 0.388 e. The molecule has 0 aliphatic heterocycles. The number of halogens is 4. The molecule has 0 aliphatic rings. The molecule has 0 aliphatic carbocycles. The molecule has 35 heavy (non-hydrogen) atoms. The van der Waals surface area contributed by atoms with E-state index in [4.69, 9.17) is 20.8 Å². The summed E-state index contributed by atoms with van der Waals surface area (Å²) in [5, 5.41) is 4.05. The number of carbonyl (C=O) groups excluding carboxylic acids is 1. The lowest BCUT2D eigenvalue weighted by Gasteiger charge is -2.14. The number of hydrogen-bond donors (Lipinski definition) is 0. The average molecular weight is 554 g/mol. The van der Waals surface area contributed by atoms with Crippen molar-refractivity contribution in [3.8, 4) is 34.4 Å². The van der Waals surface area contributed by atoms with Crippen LogP contribution in [0.5, 0.6) is 23.1 Å². The first-order valence-electron chi connectivity index (χ1n) is 10.1. The number of aryl methyl sites for hydroxylation is 1. The van der Waals surface area contributed by atoms with Crippen molar-refractivity contribution in [2.45, 2.75) is 26.6 Å². The van der Waals surface area contributed by atoms with Crippen molar-refractivity contribution >= 4 is 27.6 Å². The first-order valence-corrected chi connectivity index (χ1v) is 10.9. The SMILES string of the molecule is [C-]#[N+]c1cc(F)c(-c2nn(C)c(OC(F)F)c2Br)cc1Oc1ccc(OC(C)C(=O)OCC)cc1. The molecule has 1 aromatic heterocycles. The molecule has 3 aromatic rings. The van der Waals surface area contributed by atoms with E-state index in [1.165, 1.54) is 25.2 Å². The van der Waals surface area contributed by atoms with Crippen LogP contribution in [0.1, 0.15) is 13.8 Å². The van der Waals surface area contributed by atoms with Crippen molar-refractivity contribution in [1.29, 1.82) is 0 Å². The van der Waals surface area contributed by atoms with E-state index in [1.54, 1.807) is 26.0 Å². The van der Waals surface area contributed by atoms with Crippen molar-refractivity contribution in [2.75, 3.05) is 6.61 Å². The molecule has 184 valence electrons. The Kier molecular flexibility index (Phi) is 8.24. The molecule has 1 heterocycles. The topological polar surface area (TPSA) is 76.2 Å². The Morgan fingerprint density at radius 3 is 2.46 bits per heavy atom. The van der Waals surface area contributed by atoms with Gasteiger partial charge < -0.3 is 18.9 Å². The van der Waals surface area contributed by atoms with Gasteiger partial charge in [-0.1, -0.05) is 0 Å². The summed E-state index contributed by atoms with van der Waals surface area (Å²) in [6.45, 7) is 7.73. The van der Waals surface area contributed by atoms with Crippen LogP contribution < -0.4 is 14.2 Å². The van der Waals surface area contributed by atoms with E-state index >= 15 is 0 Å². The van der Waals surface area contributed by atoms with Crippen LogP contribution in [0.15, 0.2) is 40.9 Å². The molecule has 0 radical (unpaired) electrons. The molecule has 0 spiro atoms. The number of ether oxygens (including phenoxy) is 4. The van der Waals surface area contributed by atoms with Gasteiger partial charge in [-0.2, -0.15) is 13.9 Å². The molecule has 2 aromatic carbocycles. The number of aromatic nitrogens is 2. The molecule has 0 saturated carbocycles. The fourth-order valence-electron chi connectivity index (χ4n) is 2.99. The molecule has 8 nitrogen and oxygen atoms in total. The highest BCUT2D eigenvalue weighted by Crippen LogP contribution is 2.42. The van der Waals surface area contributed by atoms with Gasteiger partial charge in [-0.05, 0) is 66.2 Å². The molecular weight excluding hydrogens is 535 g/mol. The van der Waals surface area contributed by atoms with Crippen molar-refractivity contribution in [2.24, 2.45) is 7.05 Å². The van der Waals surface area contributed by atoms with Gasteiger partial charge in [0.1, 0.15) is 33.2 Å². The summed E-state index contributed by atoms with van der Waals surface area (Å²) in [7, 11) is 1.36. The van der Waals surface area contributed by atoms with Crippen molar-refractivity contribution in [1.82, 2.24) is 9.78 Å². The molecule has 0 fully saturated rings. The molecule has 0 saturated heterocycles. The Morgan fingerprint density at radius 1 is 1.20 bits per heavy atom. The highest BCUT2D eigenvalue weighted by molar-refractivity contribution is 9.10. The molecule has 3 rings (SSSR count). The molecule has 0 N–H and O–H groups in total. The summed E-state index contributed by atoms with van der Waals surface area (Å²) in [4.78, 5) is 15.0. The minimum atomic E-state index is -3.10. The van der Waals surface area contributed by atoms with Gasteiger partial charge in [-0.3, -0.25) is 0 Å². The van der Waals surface area contributed by atoms with Crippen LogP contribution in [-0.2, 0) is 16.6 Å². The van der Waals surface area contributed by atoms with Crippen LogP contribution in [0.2, 0.25) is 0 Å². The fourth-order valence-corrected chi connectivity index (χ4v) is 3.63. The average Bonchev–Trinajstić information content (AvgIpc) is 3.09. The molecular formula is C23H19BrF3N3O5. The maximum atomic E-state index is 14.8. The van der Waals surface area contributed by atoms with Gasteiger partial charge in [-0.15, -0.1) is 0 Å². The van der Waals surface area contributed by atoms with Crippen LogP contribution in [0, 0.1) is 12.4 Å². The molecule has 1 atom stereocenters. The Morgan fingerprint density at radius 2 is 1.86 bits per heavy atom. The van der Waals surface area contributed by atoms with Gasteiger partial charge in [0.25, 0.3) is 0 Å². The van der Waals surface area contributed by atoms with Gasteiger partial charge in [0.05, 0.1) is 13.2 Å². The fraction of sp³-hybridized carbons (Fsp3) is 0.261. The molecule has 0 bridgehead atoms. The van der Waals surface area contributed by atoms with Gasteiger partial charge in [0, 0.05) is 12.6 Å². The minimum absolute atomic E-state index is 0.0120. The van der Waals surface area contributed by atoms with E-state index in [0.717, 1.165) is 10.7 Å². The normalized spacial score (nSPS) is 11.6. The largest absolute Gasteiger partial charge is 0.479 e. The predicted octanol–water partition coefficient (Wildman–Crippen LogP) is 6.26. The Labute approximate surface area is 207 Å². The summed E-state index contributed by atoms with van der Waals surface area (Å²) >= 11 is 3.12. The van der Waals surface area contributed by atoms with Crippen LogP contribution in [-0.4, -0.2) is 35.1 Å². The highest BCUT2D eigenvalue weighted by Gasteiger charge is 2.24. The summed E-state index contributed by atoms with van der Waals surface area (Å²) in [6, 6.07) is 8.39.